The minimum absolute atomic E-state index is 1.04. The molecule has 0 aromatic carbocycles. The maximum absolute atomic E-state index is 2.29. The molecular weight excluding hydrogens is 96.1 g/mol. The van der Waals surface area contributed by atoms with Crippen LogP contribution in [0.4, 0.5) is 0 Å². The zero-order chi connectivity index (χ0) is 5.72. The Labute approximate surface area is 50.6 Å². The second kappa shape index (κ2) is 1.18. The van der Waals surface area contributed by atoms with E-state index < -0.39 is 0 Å². The molecule has 2 unspecified atom stereocenters. The van der Waals surface area contributed by atoms with Crippen molar-refractivity contribution >= 4 is 0 Å². The maximum atomic E-state index is 2.29. The molecule has 0 aliphatic heterocycles. The number of hydrogen-bond donors (Lipinski definition) is 0. The predicted octanol–water partition coefficient (Wildman–Crippen LogP) is 2.36. The van der Waals surface area contributed by atoms with Gasteiger partial charge in [0.15, 0.2) is 0 Å². The van der Waals surface area contributed by atoms with Crippen molar-refractivity contribution in [3.8, 4) is 0 Å². The molecule has 0 spiro atoms. The van der Waals surface area contributed by atoms with Gasteiger partial charge in [-0.3, -0.25) is 0 Å². The Morgan fingerprint density at radius 3 is 2.50 bits per heavy atom. The van der Waals surface area contributed by atoms with Gasteiger partial charge in [-0.1, -0.05) is 18.1 Å². The van der Waals surface area contributed by atoms with E-state index in [9.17, 15) is 0 Å². The van der Waals surface area contributed by atoms with Gasteiger partial charge in [0.25, 0.3) is 0 Å². The van der Waals surface area contributed by atoms with Gasteiger partial charge in [-0.15, -0.1) is 0 Å². The topological polar surface area (TPSA) is 0 Å². The van der Waals surface area contributed by atoms with E-state index in [1.807, 2.05) is 5.57 Å². The highest BCUT2D eigenvalue weighted by Crippen LogP contribution is 2.61. The molecule has 0 heterocycles. The fourth-order valence-corrected chi connectivity index (χ4v) is 2.09. The van der Waals surface area contributed by atoms with Crippen molar-refractivity contribution in [2.75, 3.05) is 0 Å². The lowest BCUT2D eigenvalue weighted by molar-refractivity contribution is 0.673. The highest BCUT2D eigenvalue weighted by Gasteiger charge is 2.49. The third kappa shape index (κ3) is 0.331. The van der Waals surface area contributed by atoms with Gasteiger partial charge >= 0.3 is 0 Å². The zero-order valence-corrected chi connectivity index (χ0v) is 5.57. The quantitative estimate of drug-likeness (QED) is 0.452. The minimum Gasteiger partial charge on any atom is -0.0729 e. The molecule has 0 bridgehead atoms. The number of hydrogen-bond acceptors (Lipinski definition) is 0. The summed E-state index contributed by atoms with van der Waals surface area (Å²) >= 11 is 0. The third-order valence-corrected chi connectivity index (χ3v) is 2.63. The smallest absolute Gasteiger partial charge is 0.00947 e. The van der Waals surface area contributed by atoms with Crippen LogP contribution in [0, 0.1) is 11.8 Å². The predicted molar refractivity (Wildman–Crippen MR) is 34.6 cm³/mol. The van der Waals surface area contributed by atoms with Crippen LogP contribution in [0.25, 0.3) is 0 Å². The van der Waals surface area contributed by atoms with E-state index in [1.165, 1.54) is 12.8 Å². The normalized spacial score (nSPS) is 41.2. The fraction of sp³-hybridized carbons (Fsp3) is 0.750. The van der Waals surface area contributed by atoms with Crippen LogP contribution in [-0.4, -0.2) is 0 Å². The molecule has 0 nitrogen and oxygen atoms in total. The number of rotatable bonds is 1. The Morgan fingerprint density at radius 2 is 2.38 bits per heavy atom. The Hall–Kier alpha value is -0.260. The lowest BCUT2D eigenvalue weighted by Gasteiger charge is -2.04. The Morgan fingerprint density at radius 1 is 1.62 bits per heavy atom. The Balaban J connectivity index is 2.15. The van der Waals surface area contributed by atoms with Gasteiger partial charge in [0.2, 0.25) is 0 Å². The molecule has 2 aliphatic rings. The van der Waals surface area contributed by atoms with Crippen LogP contribution < -0.4 is 0 Å². The second-order valence-electron chi connectivity index (χ2n) is 3.06. The van der Waals surface area contributed by atoms with E-state index in [1.54, 1.807) is 5.57 Å². The van der Waals surface area contributed by atoms with E-state index in [2.05, 4.69) is 13.8 Å². The van der Waals surface area contributed by atoms with E-state index in [-0.39, 0.29) is 0 Å². The summed E-state index contributed by atoms with van der Waals surface area (Å²) in [6, 6.07) is 0. The molecule has 0 N–H and O–H groups in total. The van der Waals surface area contributed by atoms with Crippen LogP contribution in [0.15, 0.2) is 11.1 Å². The number of allylic oxidation sites excluding steroid dienone is 2. The van der Waals surface area contributed by atoms with Gasteiger partial charge in [0.05, 0.1) is 0 Å². The molecular formula is C8H12. The summed E-state index contributed by atoms with van der Waals surface area (Å²) in [5.41, 5.74) is 3.51. The molecule has 0 aromatic rings. The van der Waals surface area contributed by atoms with Gasteiger partial charge in [0, 0.05) is 0 Å². The summed E-state index contributed by atoms with van der Waals surface area (Å²) in [6.07, 6.45) is 2.81. The molecule has 2 rings (SSSR count). The van der Waals surface area contributed by atoms with Crippen LogP contribution in [0.5, 0.6) is 0 Å². The van der Waals surface area contributed by atoms with Gasteiger partial charge in [-0.2, -0.15) is 0 Å². The summed E-state index contributed by atoms with van der Waals surface area (Å²) in [6.45, 7) is 4.57. The first kappa shape index (κ1) is 4.60. The van der Waals surface area contributed by atoms with Crippen LogP contribution in [0.2, 0.25) is 0 Å². The molecule has 2 atom stereocenters. The van der Waals surface area contributed by atoms with Crippen molar-refractivity contribution < 1.29 is 0 Å². The first-order valence-electron chi connectivity index (χ1n) is 3.54. The highest BCUT2D eigenvalue weighted by molar-refractivity contribution is 5.44. The molecule has 8 heavy (non-hydrogen) atoms. The monoisotopic (exact) mass is 108 g/mol. The van der Waals surface area contributed by atoms with E-state index in [0.29, 0.717) is 0 Å². The summed E-state index contributed by atoms with van der Waals surface area (Å²) in [5.74, 6) is 2.11. The van der Waals surface area contributed by atoms with Crippen LogP contribution >= 0.6 is 0 Å². The lowest BCUT2D eigenvalue weighted by atomic mass is 10.0. The van der Waals surface area contributed by atoms with Crippen molar-refractivity contribution in [3.63, 3.8) is 0 Å². The van der Waals surface area contributed by atoms with Crippen molar-refractivity contribution in [3.05, 3.63) is 11.1 Å². The zero-order valence-electron chi connectivity index (χ0n) is 5.57. The molecule has 0 amide bonds. The summed E-state index contributed by atoms with van der Waals surface area (Å²) in [4.78, 5) is 0. The molecule has 2 aliphatic carbocycles. The maximum Gasteiger partial charge on any atom is -0.00947 e. The van der Waals surface area contributed by atoms with Gasteiger partial charge in [0.1, 0.15) is 0 Å². The Bertz CT molecular complexity index is 153. The van der Waals surface area contributed by atoms with Gasteiger partial charge < -0.3 is 0 Å². The molecule has 44 valence electrons. The second-order valence-corrected chi connectivity index (χ2v) is 3.06. The van der Waals surface area contributed by atoms with Crippen molar-refractivity contribution in [1.29, 1.82) is 0 Å². The van der Waals surface area contributed by atoms with Crippen molar-refractivity contribution in [1.82, 2.24) is 0 Å². The highest BCUT2D eigenvalue weighted by atomic mass is 14.5. The molecule has 0 radical (unpaired) electrons. The fourth-order valence-electron chi connectivity index (χ4n) is 2.09. The summed E-state index contributed by atoms with van der Waals surface area (Å²) < 4.78 is 0. The van der Waals surface area contributed by atoms with Crippen LogP contribution in [-0.2, 0) is 0 Å². The molecule has 1 fully saturated rings. The molecule has 0 heteroatoms. The third-order valence-electron chi connectivity index (χ3n) is 2.63. The van der Waals surface area contributed by atoms with E-state index in [0.717, 1.165) is 11.8 Å². The van der Waals surface area contributed by atoms with Gasteiger partial charge in [-0.25, -0.2) is 0 Å². The first-order valence-corrected chi connectivity index (χ1v) is 3.54. The average Bonchev–Trinajstić information content (AvgIpc) is 2.34. The average molecular weight is 108 g/mol. The van der Waals surface area contributed by atoms with Crippen LogP contribution in [0.1, 0.15) is 26.7 Å². The first-order chi connectivity index (χ1) is 3.84. The standard InChI is InChI=1S/C8H12/c1-3-6-7-4-5(2)8(6)7/h6-7H,3-4H2,1-2H3. The van der Waals surface area contributed by atoms with Crippen LogP contribution in [0.3, 0.4) is 0 Å². The lowest BCUT2D eigenvalue weighted by Crippen LogP contribution is -1.89. The SMILES string of the molecule is CCC1C2=C(C)CC21. The molecule has 0 saturated heterocycles. The largest absolute Gasteiger partial charge is 0.0729 e. The Kier molecular flexibility index (Phi) is 0.677. The summed E-state index contributed by atoms with van der Waals surface area (Å²) in [7, 11) is 0. The summed E-state index contributed by atoms with van der Waals surface area (Å²) in [5, 5.41) is 0. The van der Waals surface area contributed by atoms with E-state index >= 15 is 0 Å². The van der Waals surface area contributed by atoms with E-state index in [4.69, 9.17) is 0 Å². The minimum atomic E-state index is 1.04. The van der Waals surface area contributed by atoms with Crippen molar-refractivity contribution in [2.45, 2.75) is 26.7 Å². The van der Waals surface area contributed by atoms with Crippen molar-refractivity contribution in [2.24, 2.45) is 11.8 Å². The van der Waals surface area contributed by atoms with Gasteiger partial charge in [-0.05, 0) is 31.6 Å². The molecule has 0 aromatic heterocycles. The number of fused-ring (bicyclic) bond motifs is 1. The molecule has 1 saturated carbocycles.